The third-order valence-electron chi connectivity index (χ3n) is 5.94. The highest BCUT2D eigenvalue weighted by Gasteiger charge is 2.17. The summed E-state index contributed by atoms with van der Waals surface area (Å²) in [6, 6.07) is 14.7. The number of pyridine rings is 2. The summed E-state index contributed by atoms with van der Waals surface area (Å²) in [5, 5.41) is 17.8. The molecule has 0 radical (unpaired) electrons. The van der Waals surface area contributed by atoms with Crippen molar-refractivity contribution in [2.24, 2.45) is 0 Å². The van der Waals surface area contributed by atoms with Crippen LogP contribution < -0.4 is 5.32 Å². The van der Waals surface area contributed by atoms with E-state index in [4.69, 9.17) is 4.98 Å². The molecule has 1 aliphatic rings. The number of rotatable bonds is 4. The van der Waals surface area contributed by atoms with Crippen LogP contribution in [-0.4, -0.2) is 47.8 Å². The highest BCUT2D eigenvalue weighted by molar-refractivity contribution is 5.79. The molecule has 0 bridgehead atoms. The van der Waals surface area contributed by atoms with Gasteiger partial charge in [-0.25, -0.2) is 9.67 Å². The van der Waals surface area contributed by atoms with Crippen molar-refractivity contribution in [1.29, 1.82) is 0 Å². The average Bonchev–Trinajstić information content (AvgIpc) is 3.47. The van der Waals surface area contributed by atoms with Crippen molar-refractivity contribution in [2.45, 2.75) is 25.4 Å². The summed E-state index contributed by atoms with van der Waals surface area (Å²) in [6.45, 7) is 2.69. The molecular formula is C23H22N8. The molecule has 0 saturated carbocycles. The van der Waals surface area contributed by atoms with Gasteiger partial charge in [-0.1, -0.05) is 17.3 Å². The van der Waals surface area contributed by atoms with Crippen molar-refractivity contribution in [1.82, 2.24) is 40.1 Å². The van der Waals surface area contributed by atoms with Crippen LogP contribution in [0.15, 0.2) is 61.1 Å². The van der Waals surface area contributed by atoms with E-state index in [0.29, 0.717) is 12.6 Å². The molecule has 1 aromatic carbocycles. The monoisotopic (exact) mass is 410 g/mol. The standard InChI is InChI=1S/C23H22N8/c1-2-17-12-16(3-4-20(17)25-9-1)14-31-23-22(28-29-31)6-5-21(27-23)18-13-26-30(15-18)19-7-10-24-11-8-19/h1-6,9,12-13,15,19,24H,7-8,10-11,14H2. The molecule has 1 aliphatic heterocycles. The minimum Gasteiger partial charge on any atom is -0.317 e. The van der Waals surface area contributed by atoms with Gasteiger partial charge in [0.05, 0.1) is 30.0 Å². The summed E-state index contributed by atoms with van der Waals surface area (Å²) in [4.78, 5) is 9.27. The molecule has 0 amide bonds. The predicted octanol–water partition coefficient (Wildman–Crippen LogP) is 3.21. The van der Waals surface area contributed by atoms with Crippen molar-refractivity contribution in [3.05, 3.63) is 66.6 Å². The lowest BCUT2D eigenvalue weighted by Gasteiger charge is -2.22. The zero-order valence-corrected chi connectivity index (χ0v) is 17.0. The molecule has 6 rings (SSSR count). The maximum absolute atomic E-state index is 4.88. The van der Waals surface area contributed by atoms with Crippen molar-refractivity contribution in [3.8, 4) is 11.3 Å². The largest absolute Gasteiger partial charge is 0.317 e. The van der Waals surface area contributed by atoms with Crippen LogP contribution in [0.5, 0.6) is 0 Å². The van der Waals surface area contributed by atoms with E-state index in [1.165, 1.54) is 0 Å². The summed E-state index contributed by atoms with van der Waals surface area (Å²) in [7, 11) is 0. The molecule has 0 aliphatic carbocycles. The van der Waals surface area contributed by atoms with Crippen LogP contribution in [0.4, 0.5) is 0 Å². The second-order valence-electron chi connectivity index (χ2n) is 8.01. The van der Waals surface area contributed by atoms with Crippen LogP contribution >= 0.6 is 0 Å². The lowest BCUT2D eigenvalue weighted by Crippen LogP contribution is -2.29. The first-order chi connectivity index (χ1) is 15.3. The normalized spacial score (nSPS) is 15.1. The quantitative estimate of drug-likeness (QED) is 0.490. The van der Waals surface area contributed by atoms with Crippen LogP contribution in [0.3, 0.4) is 0 Å². The number of aromatic nitrogens is 7. The van der Waals surface area contributed by atoms with Gasteiger partial charge in [-0.05, 0) is 61.8 Å². The molecule has 31 heavy (non-hydrogen) atoms. The zero-order chi connectivity index (χ0) is 20.6. The van der Waals surface area contributed by atoms with Crippen molar-refractivity contribution >= 4 is 22.1 Å². The molecule has 5 heterocycles. The number of hydrogen-bond donors (Lipinski definition) is 1. The minimum absolute atomic E-state index is 0.452. The van der Waals surface area contributed by atoms with Gasteiger partial charge in [-0.3, -0.25) is 9.67 Å². The van der Waals surface area contributed by atoms with Crippen LogP contribution in [0.25, 0.3) is 33.3 Å². The first-order valence-corrected chi connectivity index (χ1v) is 10.6. The van der Waals surface area contributed by atoms with Gasteiger partial charge in [0.2, 0.25) is 0 Å². The Morgan fingerprint density at radius 1 is 1.03 bits per heavy atom. The molecule has 1 saturated heterocycles. The van der Waals surface area contributed by atoms with Gasteiger partial charge in [0.1, 0.15) is 5.52 Å². The number of fused-ring (bicyclic) bond motifs is 2. The Kier molecular flexibility index (Phi) is 4.42. The van der Waals surface area contributed by atoms with Gasteiger partial charge >= 0.3 is 0 Å². The van der Waals surface area contributed by atoms with Crippen LogP contribution in [0.2, 0.25) is 0 Å². The van der Waals surface area contributed by atoms with Crippen molar-refractivity contribution in [3.63, 3.8) is 0 Å². The summed E-state index contributed by atoms with van der Waals surface area (Å²) in [5.74, 6) is 0. The van der Waals surface area contributed by atoms with Gasteiger partial charge in [-0.2, -0.15) is 5.10 Å². The average molecular weight is 410 g/mol. The van der Waals surface area contributed by atoms with Crippen LogP contribution in [0, 0.1) is 0 Å². The van der Waals surface area contributed by atoms with Gasteiger partial charge < -0.3 is 5.32 Å². The topological polar surface area (TPSA) is 86.3 Å². The summed E-state index contributed by atoms with van der Waals surface area (Å²) in [5.41, 5.74) is 5.60. The number of piperidine rings is 1. The molecule has 8 nitrogen and oxygen atoms in total. The highest BCUT2D eigenvalue weighted by Crippen LogP contribution is 2.24. The molecule has 154 valence electrons. The van der Waals surface area contributed by atoms with E-state index in [2.05, 4.69) is 54.8 Å². The molecule has 4 aromatic heterocycles. The first-order valence-electron chi connectivity index (χ1n) is 10.6. The fraction of sp³-hybridized carbons (Fsp3) is 0.261. The van der Waals surface area contributed by atoms with Crippen molar-refractivity contribution in [2.75, 3.05) is 13.1 Å². The summed E-state index contributed by atoms with van der Waals surface area (Å²) in [6.07, 6.45) is 8.03. The number of nitrogens with one attached hydrogen (secondary N) is 1. The van der Waals surface area contributed by atoms with E-state index in [1.54, 1.807) is 0 Å². The third kappa shape index (κ3) is 3.44. The molecule has 0 spiro atoms. The van der Waals surface area contributed by atoms with E-state index in [0.717, 1.165) is 64.8 Å². The Balaban J connectivity index is 1.31. The maximum Gasteiger partial charge on any atom is 0.179 e. The third-order valence-corrected chi connectivity index (χ3v) is 5.94. The van der Waals surface area contributed by atoms with Gasteiger partial charge in [0.15, 0.2) is 5.65 Å². The second-order valence-corrected chi connectivity index (χ2v) is 8.01. The number of nitrogens with zero attached hydrogens (tertiary/aromatic N) is 7. The zero-order valence-electron chi connectivity index (χ0n) is 17.0. The molecule has 8 heteroatoms. The Labute approximate surface area is 178 Å². The van der Waals surface area contributed by atoms with Crippen LogP contribution in [0.1, 0.15) is 24.4 Å². The van der Waals surface area contributed by atoms with E-state index < -0.39 is 0 Å². The Bertz CT molecular complexity index is 1360. The molecule has 0 unspecified atom stereocenters. The van der Waals surface area contributed by atoms with E-state index >= 15 is 0 Å². The lowest BCUT2D eigenvalue weighted by molar-refractivity contribution is 0.343. The smallest absolute Gasteiger partial charge is 0.179 e. The fourth-order valence-corrected chi connectivity index (χ4v) is 4.26. The maximum atomic E-state index is 4.88. The van der Waals surface area contributed by atoms with Gasteiger partial charge in [0, 0.05) is 23.3 Å². The van der Waals surface area contributed by atoms with E-state index in [1.807, 2.05) is 41.3 Å². The van der Waals surface area contributed by atoms with Gasteiger partial charge in [-0.15, -0.1) is 5.10 Å². The summed E-state index contributed by atoms with van der Waals surface area (Å²) >= 11 is 0. The summed E-state index contributed by atoms with van der Waals surface area (Å²) < 4.78 is 3.94. The second kappa shape index (κ2) is 7.55. The first kappa shape index (κ1) is 18.1. The van der Waals surface area contributed by atoms with Gasteiger partial charge in [0.25, 0.3) is 0 Å². The Morgan fingerprint density at radius 3 is 2.87 bits per heavy atom. The number of hydrogen-bond acceptors (Lipinski definition) is 6. The van der Waals surface area contributed by atoms with Crippen molar-refractivity contribution < 1.29 is 0 Å². The molecule has 1 fully saturated rings. The molecule has 1 N–H and O–H groups in total. The van der Waals surface area contributed by atoms with Crippen LogP contribution in [-0.2, 0) is 6.54 Å². The number of benzene rings is 1. The fourth-order valence-electron chi connectivity index (χ4n) is 4.26. The molecular weight excluding hydrogens is 388 g/mol. The SMILES string of the molecule is c1cnc2ccc(Cn3nnc4ccc(-c5cnn(C6CCNCC6)c5)nc43)cc2c1. The van der Waals surface area contributed by atoms with E-state index in [9.17, 15) is 0 Å². The minimum atomic E-state index is 0.452. The lowest BCUT2D eigenvalue weighted by atomic mass is 10.1. The Hall–Kier alpha value is -3.65. The highest BCUT2D eigenvalue weighted by atomic mass is 15.4. The van der Waals surface area contributed by atoms with E-state index in [-0.39, 0.29) is 0 Å². The molecule has 5 aromatic rings. The molecule has 0 atom stereocenters. The Morgan fingerprint density at radius 2 is 1.94 bits per heavy atom. The predicted molar refractivity (Wildman–Crippen MR) is 119 cm³/mol.